The van der Waals surface area contributed by atoms with Crippen LogP contribution < -0.4 is 9.80 Å². The molecule has 0 unspecified atom stereocenters. The molecular formula is C21H22N4S3. The average molecular weight is 427 g/mol. The van der Waals surface area contributed by atoms with Crippen LogP contribution in [0.25, 0.3) is 20.4 Å². The number of aryl methyl sites for hydroxylation is 2. The molecule has 0 saturated carbocycles. The van der Waals surface area contributed by atoms with Crippen molar-refractivity contribution in [1.29, 1.82) is 0 Å². The van der Waals surface area contributed by atoms with Crippen LogP contribution in [0, 0.1) is 13.8 Å². The summed E-state index contributed by atoms with van der Waals surface area (Å²) in [6.45, 7) is 8.27. The third-order valence-electron chi connectivity index (χ3n) is 5.22. The van der Waals surface area contributed by atoms with Gasteiger partial charge in [-0.3, -0.25) is 0 Å². The Morgan fingerprint density at radius 3 is 2.25 bits per heavy atom. The summed E-state index contributed by atoms with van der Waals surface area (Å²) in [6.07, 6.45) is 2.12. The summed E-state index contributed by atoms with van der Waals surface area (Å²) in [5.41, 5.74) is 4.85. The molecule has 4 nitrogen and oxygen atoms in total. The molecule has 0 bridgehead atoms. The van der Waals surface area contributed by atoms with E-state index in [1.54, 1.807) is 11.8 Å². The van der Waals surface area contributed by atoms with Gasteiger partial charge in [0.25, 0.3) is 0 Å². The minimum atomic E-state index is 0.989. The summed E-state index contributed by atoms with van der Waals surface area (Å²) < 4.78 is 2.58. The van der Waals surface area contributed by atoms with Crippen molar-refractivity contribution >= 4 is 65.1 Å². The standard InChI is InChI=1S/C21H22N4S3/c1-13-10-14(2)19-18(11-13)28-21(23-19)25-8-6-24(7-9-25)20-22-16-5-4-15(26-3)12-17(16)27-20/h4-5,10-12H,6-9H2,1-3H3. The number of nitrogens with zero attached hydrogens (tertiary/aromatic N) is 4. The maximum atomic E-state index is 4.94. The molecule has 7 heteroatoms. The minimum Gasteiger partial charge on any atom is -0.345 e. The number of anilines is 2. The molecular weight excluding hydrogens is 404 g/mol. The molecule has 0 spiro atoms. The summed E-state index contributed by atoms with van der Waals surface area (Å²) in [4.78, 5) is 16.0. The topological polar surface area (TPSA) is 32.3 Å². The van der Waals surface area contributed by atoms with E-state index < -0.39 is 0 Å². The fraction of sp³-hybridized carbons (Fsp3) is 0.333. The Morgan fingerprint density at radius 1 is 0.857 bits per heavy atom. The summed E-state index contributed by atoms with van der Waals surface area (Å²) in [6, 6.07) is 11.0. The van der Waals surface area contributed by atoms with E-state index in [0.29, 0.717) is 0 Å². The number of aromatic nitrogens is 2. The highest BCUT2D eigenvalue weighted by molar-refractivity contribution is 7.98. The summed E-state index contributed by atoms with van der Waals surface area (Å²) in [5.74, 6) is 0. The molecule has 0 atom stereocenters. The maximum Gasteiger partial charge on any atom is 0.186 e. The second-order valence-corrected chi connectivity index (χ2v) is 10.1. The van der Waals surface area contributed by atoms with E-state index in [4.69, 9.17) is 9.97 Å². The van der Waals surface area contributed by atoms with Crippen LogP contribution in [0.3, 0.4) is 0 Å². The molecule has 0 aliphatic carbocycles. The molecule has 0 radical (unpaired) electrons. The van der Waals surface area contributed by atoms with Gasteiger partial charge in [0.05, 0.1) is 20.4 Å². The molecule has 0 N–H and O–H groups in total. The molecule has 28 heavy (non-hydrogen) atoms. The molecule has 0 amide bonds. The Hall–Kier alpha value is -1.83. The van der Waals surface area contributed by atoms with Gasteiger partial charge in [0, 0.05) is 31.1 Å². The highest BCUT2D eigenvalue weighted by atomic mass is 32.2. The molecule has 4 aromatic rings. The first-order valence-electron chi connectivity index (χ1n) is 9.43. The van der Waals surface area contributed by atoms with Crippen LogP contribution in [0.2, 0.25) is 0 Å². The van der Waals surface area contributed by atoms with Crippen molar-refractivity contribution in [3.63, 3.8) is 0 Å². The molecule has 1 aliphatic heterocycles. The Balaban J connectivity index is 1.34. The number of rotatable bonds is 3. The van der Waals surface area contributed by atoms with Crippen molar-refractivity contribution in [3.8, 4) is 0 Å². The zero-order chi connectivity index (χ0) is 19.3. The van der Waals surface area contributed by atoms with Gasteiger partial charge in [-0.25, -0.2) is 9.97 Å². The zero-order valence-corrected chi connectivity index (χ0v) is 18.7. The first-order valence-corrected chi connectivity index (χ1v) is 12.3. The Morgan fingerprint density at radius 2 is 1.54 bits per heavy atom. The van der Waals surface area contributed by atoms with Gasteiger partial charge in [-0.15, -0.1) is 11.8 Å². The van der Waals surface area contributed by atoms with Gasteiger partial charge in [-0.2, -0.15) is 0 Å². The van der Waals surface area contributed by atoms with Gasteiger partial charge in [0.15, 0.2) is 10.3 Å². The maximum absolute atomic E-state index is 4.94. The van der Waals surface area contributed by atoms with Gasteiger partial charge >= 0.3 is 0 Å². The van der Waals surface area contributed by atoms with Crippen molar-refractivity contribution in [3.05, 3.63) is 41.5 Å². The quantitative estimate of drug-likeness (QED) is 0.400. The summed E-state index contributed by atoms with van der Waals surface area (Å²) in [7, 11) is 0. The highest BCUT2D eigenvalue weighted by Gasteiger charge is 2.22. The zero-order valence-electron chi connectivity index (χ0n) is 16.2. The number of fused-ring (bicyclic) bond motifs is 2. The average Bonchev–Trinajstić information content (AvgIpc) is 3.31. The van der Waals surface area contributed by atoms with Crippen molar-refractivity contribution in [2.75, 3.05) is 42.2 Å². The fourth-order valence-electron chi connectivity index (χ4n) is 3.74. The van der Waals surface area contributed by atoms with E-state index in [1.807, 2.05) is 22.7 Å². The third kappa shape index (κ3) is 3.25. The van der Waals surface area contributed by atoms with Crippen LogP contribution in [0.1, 0.15) is 11.1 Å². The van der Waals surface area contributed by atoms with E-state index in [9.17, 15) is 0 Å². The number of thioether (sulfide) groups is 1. The van der Waals surface area contributed by atoms with Gasteiger partial charge in [-0.05, 0) is 55.5 Å². The first kappa shape index (κ1) is 18.2. The van der Waals surface area contributed by atoms with E-state index in [-0.39, 0.29) is 0 Å². The van der Waals surface area contributed by atoms with Crippen LogP contribution >= 0.6 is 34.4 Å². The number of hydrogen-bond donors (Lipinski definition) is 0. The lowest BCUT2D eigenvalue weighted by atomic mass is 10.1. The highest BCUT2D eigenvalue weighted by Crippen LogP contribution is 2.34. The van der Waals surface area contributed by atoms with E-state index in [1.165, 1.54) is 25.4 Å². The van der Waals surface area contributed by atoms with Crippen LogP contribution in [0.5, 0.6) is 0 Å². The lowest BCUT2D eigenvalue weighted by Gasteiger charge is -2.34. The van der Waals surface area contributed by atoms with Gasteiger partial charge in [0.1, 0.15) is 0 Å². The summed E-state index contributed by atoms with van der Waals surface area (Å²) in [5, 5.41) is 2.29. The number of piperazine rings is 1. The molecule has 144 valence electrons. The first-order chi connectivity index (χ1) is 13.6. The number of benzene rings is 2. The molecule has 2 aromatic carbocycles. The molecule has 1 fully saturated rings. The smallest absolute Gasteiger partial charge is 0.186 e. The summed E-state index contributed by atoms with van der Waals surface area (Å²) >= 11 is 5.41. The van der Waals surface area contributed by atoms with Gasteiger partial charge < -0.3 is 9.80 Å². The molecule has 1 aliphatic rings. The van der Waals surface area contributed by atoms with Crippen LogP contribution in [0.15, 0.2) is 35.2 Å². The van der Waals surface area contributed by atoms with Crippen LogP contribution in [-0.4, -0.2) is 42.4 Å². The Bertz CT molecular complexity index is 1160. The molecule has 5 rings (SSSR count). The predicted molar refractivity (Wildman–Crippen MR) is 125 cm³/mol. The monoisotopic (exact) mass is 426 g/mol. The van der Waals surface area contributed by atoms with Crippen LogP contribution in [-0.2, 0) is 0 Å². The van der Waals surface area contributed by atoms with Crippen molar-refractivity contribution < 1.29 is 0 Å². The lowest BCUT2D eigenvalue weighted by Crippen LogP contribution is -2.46. The molecule has 1 saturated heterocycles. The van der Waals surface area contributed by atoms with E-state index in [2.05, 4.69) is 60.2 Å². The predicted octanol–water partition coefficient (Wildman–Crippen LogP) is 5.57. The second-order valence-electron chi connectivity index (χ2n) is 7.23. The van der Waals surface area contributed by atoms with Crippen molar-refractivity contribution in [2.45, 2.75) is 18.7 Å². The van der Waals surface area contributed by atoms with Crippen molar-refractivity contribution in [2.24, 2.45) is 0 Å². The number of hydrogen-bond acceptors (Lipinski definition) is 7. The van der Waals surface area contributed by atoms with Crippen LogP contribution in [0.4, 0.5) is 10.3 Å². The minimum absolute atomic E-state index is 0.989. The molecule has 2 aromatic heterocycles. The lowest BCUT2D eigenvalue weighted by molar-refractivity contribution is 0.651. The Kier molecular flexibility index (Phi) is 4.69. The third-order valence-corrected chi connectivity index (χ3v) is 8.09. The van der Waals surface area contributed by atoms with E-state index in [0.717, 1.165) is 47.5 Å². The molecule has 3 heterocycles. The Labute approximate surface area is 177 Å². The largest absolute Gasteiger partial charge is 0.345 e. The SMILES string of the molecule is CSc1ccc2nc(N3CCN(c4nc5c(C)cc(C)cc5s4)CC3)sc2c1. The van der Waals surface area contributed by atoms with Crippen molar-refractivity contribution in [1.82, 2.24) is 9.97 Å². The van der Waals surface area contributed by atoms with Gasteiger partial charge in [0.2, 0.25) is 0 Å². The normalized spacial score (nSPS) is 15.1. The van der Waals surface area contributed by atoms with Gasteiger partial charge in [-0.1, -0.05) is 28.7 Å². The second kappa shape index (κ2) is 7.21. The number of thiazole rings is 2. The van der Waals surface area contributed by atoms with E-state index >= 15 is 0 Å². The fourth-order valence-corrected chi connectivity index (χ4v) is 6.50.